The number of nitro benzene ring substituents is 1. The second-order valence-corrected chi connectivity index (χ2v) is 9.07. The molecule has 2 aromatic carbocycles. The van der Waals surface area contributed by atoms with Crippen molar-refractivity contribution in [2.24, 2.45) is 0 Å². The molecule has 2 aromatic rings. The molecule has 0 atom stereocenters. The van der Waals surface area contributed by atoms with Crippen LogP contribution in [-0.2, 0) is 9.59 Å². The van der Waals surface area contributed by atoms with Gasteiger partial charge in [-0.2, -0.15) is 0 Å². The van der Waals surface area contributed by atoms with Crippen LogP contribution < -0.4 is 14.8 Å². The van der Waals surface area contributed by atoms with Gasteiger partial charge in [0.1, 0.15) is 6.54 Å². The Morgan fingerprint density at radius 2 is 2.03 bits per heavy atom. The Morgan fingerprint density at radius 3 is 2.79 bits per heavy atom. The molecule has 2 heterocycles. The summed E-state index contributed by atoms with van der Waals surface area (Å²) in [5.74, 6) is 0.0737. The van der Waals surface area contributed by atoms with E-state index in [0.717, 1.165) is 16.7 Å². The summed E-state index contributed by atoms with van der Waals surface area (Å²) in [6, 6.07) is 9.20. The van der Waals surface area contributed by atoms with Gasteiger partial charge in [-0.3, -0.25) is 29.4 Å². The molecule has 0 radical (unpaired) electrons. The number of hydrogen-bond acceptors (Lipinski definition) is 10. The maximum atomic E-state index is 12.7. The van der Waals surface area contributed by atoms with Crippen LogP contribution in [0.3, 0.4) is 0 Å². The fourth-order valence-corrected chi connectivity index (χ4v) is 4.75. The summed E-state index contributed by atoms with van der Waals surface area (Å²) in [6.45, 7) is -0.532. The Hall–Kier alpha value is -3.55. The van der Waals surface area contributed by atoms with Crippen molar-refractivity contribution >= 4 is 58.0 Å². The number of carbonyl (C=O) groups excluding carboxylic acids is 3. The third-order valence-corrected chi connectivity index (χ3v) is 6.61. The second kappa shape index (κ2) is 10.2. The molecule has 3 amide bonds. The molecule has 34 heavy (non-hydrogen) atoms. The fraction of sp³-hybridized carbons (Fsp3) is 0.190. The molecule has 0 aliphatic carbocycles. The van der Waals surface area contributed by atoms with Gasteiger partial charge in [-0.1, -0.05) is 6.07 Å². The third-order valence-electron chi connectivity index (χ3n) is 4.66. The van der Waals surface area contributed by atoms with E-state index in [2.05, 4.69) is 5.32 Å². The minimum atomic E-state index is -0.669. The first-order valence-electron chi connectivity index (χ1n) is 9.82. The zero-order chi connectivity index (χ0) is 24.2. The van der Waals surface area contributed by atoms with Crippen molar-refractivity contribution in [1.82, 2.24) is 4.90 Å². The smallest absolute Gasteiger partial charge is 0.294 e. The van der Waals surface area contributed by atoms with Gasteiger partial charge < -0.3 is 19.9 Å². The number of fused-ring (bicyclic) bond motifs is 1. The highest BCUT2D eigenvalue weighted by Gasteiger charge is 2.36. The molecule has 2 aliphatic rings. The summed E-state index contributed by atoms with van der Waals surface area (Å²) in [5.41, 5.74) is 0.605. The fourth-order valence-electron chi connectivity index (χ4n) is 3.15. The lowest BCUT2D eigenvalue weighted by Gasteiger charge is -2.12. The molecule has 0 unspecified atom stereocenters. The van der Waals surface area contributed by atoms with E-state index in [9.17, 15) is 24.5 Å². The molecular formula is C21H17N3O8S2. The Labute approximate surface area is 201 Å². The zero-order valence-electron chi connectivity index (χ0n) is 17.4. The molecule has 2 aliphatic heterocycles. The molecule has 4 rings (SSSR count). The molecule has 0 bridgehead atoms. The number of ether oxygens (including phenoxy) is 2. The standard InChI is InChI=1S/C21H17N3O8S2/c25-5-6-33-17-4-1-12(7-14(17)24(29)30)8-18-20(27)23(21(28)34-18)10-19(26)22-13-2-3-15-16(9-13)32-11-31-15/h1-4,7-9,25H,5-6,10-11H2,(H,22,26). The lowest BCUT2D eigenvalue weighted by atomic mass is 10.2. The summed E-state index contributed by atoms with van der Waals surface area (Å²) in [7, 11) is 0. The monoisotopic (exact) mass is 503 g/mol. The zero-order valence-corrected chi connectivity index (χ0v) is 19.0. The van der Waals surface area contributed by atoms with Crippen LogP contribution in [0.1, 0.15) is 5.56 Å². The largest absolute Gasteiger partial charge is 0.454 e. The topological polar surface area (TPSA) is 148 Å². The van der Waals surface area contributed by atoms with E-state index >= 15 is 0 Å². The minimum Gasteiger partial charge on any atom is -0.454 e. The van der Waals surface area contributed by atoms with E-state index < -0.39 is 28.5 Å². The normalized spacial score (nSPS) is 15.8. The van der Waals surface area contributed by atoms with E-state index in [4.69, 9.17) is 14.6 Å². The van der Waals surface area contributed by atoms with Crippen molar-refractivity contribution < 1.29 is 33.9 Å². The number of aliphatic hydroxyl groups excluding tert-OH is 1. The number of anilines is 1. The molecule has 11 nitrogen and oxygen atoms in total. The van der Waals surface area contributed by atoms with Crippen LogP contribution in [0.2, 0.25) is 0 Å². The van der Waals surface area contributed by atoms with Crippen molar-refractivity contribution in [3.63, 3.8) is 0 Å². The summed E-state index contributed by atoms with van der Waals surface area (Å²) in [6.07, 6.45) is 1.37. The molecule has 0 spiro atoms. The number of aliphatic hydroxyl groups is 1. The predicted octanol–water partition coefficient (Wildman–Crippen LogP) is 3.08. The molecule has 0 aromatic heterocycles. The van der Waals surface area contributed by atoms with Crippen LogP contribution in [0.15, 0.2) is 46.2 Å². The number of nitro groups is 1. The Morgan fingerprint density at radius 1 is 1.24 bits per heavy atom. The molecule has 1 fully saturated rings. The van der Waals surface area contributed by atoms with Crippen molar-refractivity contribution in [2.75, 3.05) is 31.0 Å². The first-order valence-corrected chi connectivity index (χ1v) is 11.6. The number of thioether (sulfide) groups is 2. The maximum Gasteiger partial charge on any atom is 0.294 e. The second-order valence-electron chi connectivity index (χ2n) is 6.94. The van der Waals surface area contributed by atoms with Crippen LogP contribution >= 0.6 is 23.5 Å². The van der Waals surface area contributed by atoms with E-state index in [0.29, 0.717) is 45.2 Å². The van der Waals surface area contributed by atoms with Gasteiger partial charge in [0.05, 0.1) is 21.3 Å². The number of rotatable bonds is 8. The number of nitrogens with zero attached hydrogens (tertiary/aromatic N) is 2. The van der Waals surface area contributed by atoms with Gasteiger partial charge >= 0.3 is 0 Å². The molecule has 1 saturated heterocycles. The lowest BCUT2D eigenvalue weighted by Crippen LogP contribution is -2.36. The quantitative estimate of drug-likeness (QED) is 0.238. The summed E-state index contributed by atoms with van der Waals surface area (Å²) >= 11 is 1.78. The average molecular weight is 504 g/mol. The molecule has 13 heteroatoms. The number of nitrogens with one attached hydrogen (secondary N) is 1. The van der Waals surface area contributed by atoms with Crippen LogP contribution in [0.5, 0.6) is 11.5 Å². The van der Waals surface area contributed by atoms with Gasteiger partial charge in [0.2, 0.25) is 12.7 Å². The lowest BCUT2D eigenvalue weighted by molar-refractivity contribution is -0.387. The summed E-state index contributed by atoms with van der Waals surface area (Å²) in [4.78, 5) is 49.6. The summed E-state index contributed by atoms with van der Waals surface area (Å²) in [5, 5.41) is 22.3. The van der Waals surface area contributed by atoms with Crippen LogP contribution in [0.4, 0.5) is 16.2 Å². The average Bonchev–Trinajstić information content (AvgIpc) is 3.37. The van der Waals surface area contributed by atoms with Crippen molar-refractivity contribution in [3.05, 3.63) is 57.0 Å². The molecule has 0 saturated carbocycles. The SMILES string of the molecule is O=C(CN1C(=O)SC(=Cc2ccc(SCCO)c([N+](=O)[O-])c2)C1=O)Nc1ccc2c(c1)OCO2. The van der Waals surface area contributed by atoms with Crippen LogP contribution in [0, 0.1) is 10.1 Å². The van der Waals surface area contributed by atoms with E-state index in [-0.39, 0.29) is 24.0 Å². The van der Waals surface area contributed by atoms with Crippen LogP contribution in [0.25, 0.3) is 6.08 Å². The van der Waals surface area contributed by atoms with E-state index in [1.54, 1.807) is 24.3 Å². The Kier molecular flexibility index (Phi) is 7.05. The van der Waals surface area contributed by atoms with E-state index in [1.807, 2.05) is 0 Å². The van der Waals surface area contributed by atoms with Gasteiger partial charge in [-0.05, 0) is 41.6 Å². The van der Waals surface area contributed by atoms with Gasteiger partial charge in [0, 0.05) is 23.6 Å². The third kappa shape index (κ3) is 5.16. The number of carbonyl (C=O) groups is 3. The molecular weight excluding hydrogens is 486 g/mol. The molecule has 176 valence electrons. The Bertz CT molecular complexity index is 1220. The minimum absolute atomic E-state index is 0.0472. The predicted molar refractivity (Wildman–Crippen MR) is 125 cm³/mol. The first-order chi connectivity index (χ1) is 16.4. The van der Waals surface area contributed by atoms with Gasteiger partial charge in [0.15, 0.2) is 11.5 Å². The molecule has 2 N–H and O–H groups in total. The van der Waals surface area contributed by atoms with Crippen molar-refractivity contribution in [3.8, 4) is 11.5 Å². The number of imide groups is 1. The maximum absolute atomic E-state index is 12.7. The highest BCUT2D eigenvalue weighted by Crippen LogP contribution is 2.36. The summed E-state index contributed by atoms with van der Waals surface area (Å²) < 4.78 is 10.5. The van der Waals surface area contributed by atoms with Gasteiger partial charge in [0.25, 0.3) is 16.8 Å². The van der Waals surface area contributed by atoms with Gasteiger partial charge in [-0.15, -0.1) is 11.8 Å². The Balaban J connectivity index is 1.45. The highest BCUT2D eigenvalue weighted by atomic mass is 32.2. The highest BCUT2D eigenvalue weighted by molar-refractivity contribution is 8.18. The van der Waals surface area contributed by atoms with Crippen molar-refractivity contribution in [1.29, 1.82) is 0 Å². The number of benzene rings is 2. The number of hydrogen-bond donors (Lipinski definition) is 2. The van der Waals surface area contributed by atoms with Crippen LogP contribution in [-0.4, -0.2) is 57.7 Å². The number of amides is 3. The first kappa shape index (κ1) is 23.6. The van der Waals surface area contributed by atoms with Gasteiger partial charge in [-0.25, -0.2) is 0 Å². The van der Waals surface area contributed by atoms with Crippen molar-refractivity contribution in [2.45, 2.75) is 4.90 Å². The van der Waals surface area contributed by atoms with E-state index in [1.165, 1.54) is 18.2 Å².